The number of carboxylic acid groups (broad SMARTS) is 1. The van der Waals surface area contributed by atoms with E-state index in [1.54, 1.807) is 0 Å². The summed E-state index contributed by atoms with van der Waals surface area (Å²) in [6, 6.07) is 8.01. The second kappa shape index (κ2) is 42.3. The van der Waals surface area contributed by atoms with Gasteiger partial charge in [-0.1, -0.05) is 187 Å². The highest BCUT2D eigenvalue weighted by Crippen LogP contribution is 2.22. The van der Waals surface area contributed by atoms with E-state index in [0.717, 1.165) is 18.5 Å². The van der Waals surface area contributed by atoms with Gasteiger partial charge in [-0.25, -0.2) is 0 Å². The summed E-state index contributed by atoms with van der Waals surface area (Å²) >= 11 is 0. The number of aliphatic hydroxyl groups excluding tert-OH is 1. The zero-order chi connectivity index (χ0) is 34.9. The highest BCUT2D eigenvalue weighted by atomic mass is 16.5. The molecule has 4 N–H and O–H groups in total. The number of aliphatic hydroxyl groups is 1. The molecule has 1 rings (SSSR count). The third-order valence-electron chi connectivity index (χ3n) is 9.19. The highest BCUT2D eigenvalue weighted by Gasteiger charge is 2.11. The average molecular weight is 664 g/mol. The molecule has 0 amide bonds. The van der Waals surface area contributed by atoms with E-state index in [0.29, 0.717) is 6.10 Å². The molecule has 0 saturated heterocycles. The number of ether oxygens (including phenoxy) is 1. The predicted octanol–water partition coefficient (Wildman–Crippen LogP) is 13.5. The summed E-state index contributed by atoms with van der Waals surface area (Å²) in [5, 5.41) is 13.9. The van der Waals surface area contributed by atoms with Crippen molar-refractivity contribution in [1.82, 2.24) is 0 Å². The molecule has 0 radical (unpaired) electrons. The van der Waals surface area contributed by atoms with E-state index in [1.165, 1.54) is 199 Å². The summed E-state index contributed by atoms with van der Waals surface area (Å²) in [6.07, 6.45) is 43.9. The van der Waals surface area contributed by atoms with E-state index < -0.39 is 0 Å². The first-order chi connectivity index (χ1) is 23.2. The van der Waals surface area contributed by atoms with Gasteiger partial charge in [0.1, 0.15) is 5.75 Å². The quantitative estimate of drug-likeness (QED) is 0.0395. The van der Waals surface area contributed by atoms with Crippen molar-refractivity contribution >= 4 is 12.2 Å². The van der Waals surface area contributed by atoms with Crippen LogP contribution in [-0.4, -0.2) is 29.9 Å². The Morgan fingerprint density at radius 1 is 0.511 bits per heavy atom. The lowest BCUT2D eigenvalue weighted by Gasteiger charge is -2.19. The number of nitrogens with two attached hydrogens (primary N) is 1. The Morgan fingerprint density at radius 2 is 0.745 bits per heavy atom. The molecule has 0 aromatic heterocycles. The summed E-state index contributed by atoms with van der Waals surface area (Å²) in [7, 11) is 1.00. The second-order valence-corrected chi connectivity index (χ2v) is 13.5. The van der Waals surface area contributed by atoms with Crippen molar-refractivity contribution in [2.45, 2.75) is 219 Å². The van der Waals surface area contributed by atoms with Crippen LogP contribution in [0, 0.1) is 0 Å². The van der Waals surface area contributed by atoms with E-state index in [1.807, 2.05) is 24.3 Å². The first-order valence-corrected chi connectivity index (χ1v) is 20.2. The first kappa shape index (κ1) is 47.4. The molecule has 5 heteroatoms. The lowest BCUT2D eigenvalue weighted by atomic mass is 10.0. The summed E-state index contributed by atoms with van der Waals surface area (Å²) in [5.41, 5.74) is 6.71. The molecule has 1 aromatic carbocycles. The van der Waals surface area contributed by atoms with Gasteiger partial charge in [0.2, 0.25) is 0 Å². The number of unbranched alkanes of at least 4 members (excludes halogenated alkanes) is 27. The molecule has 0 aliphatic rings. The minimum atomic E-state index is -0.250. The zero-order valence-corrected chi connectivity index (χ0v) is 31.7. The zero-order valence-electron chi connectivity index (χ0n) is 31.7. The van der Waals surface area contributed by atoms with Crippen LogP contribution in [-0.2, 0) is 4.79 Å². The number of nitrogen functional groups attached to an aromatic ring is 1. The van der Waals surface area contributed by atoms with Gasteiger partial charge in [-0.3, -0.25) is 4.79 Å². The minimum absolute atomic E-state index is 0.250. The average Bonchev–Trinajstić information content (AvgIpc) is 3.08. The van der Waals surface area contributed by atoms with Gasteiger partial charge in [0.25, 0.3) is 6.47 Å². The van der Waals surface area contributed by atoms with Gasteiger partial charge in [-0.05, 0) is 49.9 Å². The summed E-state index contributed by atoms with van der Waals surface area (Å²) in [4.78, 5) is 8.36. The third-order valence-corrected chi connectivity index (χ3v) is 9.19. The maximum absolute atomic E-state index is 8.36. The fraction of sp³-hybridized carbons (Fsp3) is 0.833. The topological polar surface area (TPSA) is 92.8 Å². The van der Waals surface area contributed by atoms with Crippen molar-refractivity contribution in [3.8, 4) is 5.75 Å². The van der Waals surface area contributed by atoms with Crippen molar-refractivity contribution in [3.63, 3.8) is 0 Å². The molecule has 1 aromatic rings. The Bertz CT molecular complexity index is 696. The molecule has 1 unspecified atom stereocenters. The Labute approximate surface area is 293 Å². The van der Waals surface area contributed by atoms with E-state index in [2.05, 4.69) is 13.8 Å². The largest absolute Gasteiger partial charge is 0.490 e. The molecule has 0 saturated carbocycles. The van der Waals surface area contributed by atoms with E-state index in [-0.39, 0.29) is 6.47 Å². The molecule has 278 valence electrons. The Hall–Kier alpha value is -1.75. The molecular weight excluding hydrogens is 582 g/mol. The van der Waals surface area contributed by atoms with Gasteiger partial charge in [-0.2, -0.15) is 0 Å². The van der Waals surface area contributed by atoms with Gasteiger partial charge in [0.05, 0.1) is 6.10 Å². The number of benzene rings is 1. The third kappa shape index (κ3) is 38.6. The van der Waals surface area contributed by atoms with Gasteiger partial charge in [0, 0.05) is 12.8 Å². The van der Waals surface area contributed by atoms with Gasteiger partial charge >= 0.3 is 0 Å². The summed E-state index contributed by atoms with van der Waals surface area (Å²) in [5.74, 6) is 0.987. The lowest BCUT2D eigenvalue weighted by molar-refractivity contribution is -0.122. The standard InChI is InChI=1S/C40H75NO.CH2O2.CH4O/c1-3-5-7-9-11-13-15-17-19-21-23-25-27-29-31-33-39(42-40-36-34-38(41)35-37-40)32-30-28-26-24-22-20-18-16-14-12-10-8-6-4-2;2-1-3;1-2/h34-37,39H,3-33,41H2,1-2H3;1H,(H,2,3);2H,1H3. The number of carbonyl (C=O) groups is 1. The summed E-state index contributed by atoms with van der Waals surface area (Å²) < 4.78 is 6.45. The van der Waals surface area contributed by atoms with Crippen LogP contribution < -0.4 is 10.5 Å². The van der Waals surface area contributed by atoms with Crippen molar-refractivity contribution in [1.29, 1.82) is 0 Å². The van der Waals surface area contributed by atoms with Gasteiger partial charge in [0.15, 0.2) is 0 Å². The second-order valence-electron chi connectivity index (χ2n) is 13.5. The van der Waals surface area contributed by atoms with E-state index in [9.17, 15) is 0 Å². The van der Waals surface area contributed by atoms with E-state index >= 15 is 0 Å². The molecule has 0 bridgehead atoms. The Morgan fingerprint density at radius 3 is 1.00 bits per heavy atom. The van der Waals surface area contributed by atoms with Crippen molar-refractivity contribution in [3.05, 3.63) is 24.3 Å². The molecular formula is C42H81NO4. The van der Waals surface area contributed by atoms with E-state index in [4.69, 9.17) is 25.5 Å². The molecule has 0 aliphatic heterocycles. The molecule has 0 aliphatic carbocycles. The fourth-order valence-electron chi connectivity index (χ4n) is 6.31. The molecule has 47 heavy (non-hydrogen) atoms. The molecule has 0 spiro atoms. The Balaban J connectivity index is 0. The van der Waals surface area contributed by atoms with Crippen molar-refractivity contribution in [2.24, 2.45) is 0 Å². The fourth-order valence-corrected chi connectivity index (χ4v) is 6.31. The number of hydrogen-bond donors (Lipinski definition) is 3. The number of rotatable bonds is 33. The minimum Gasteiger partial charge on any atom is -0.490 e. The Kier molecular flexibility index (Phi) is 42.6. The smallest absolute Gasteiger partial charge is 0.290 e. The predicted molar refractivity (Wildman–Crippen MR) is 207 cm³/mol. The molecule has 5 nitrogen and oxygen atoms in total. The van der Waals surface area contributed by atoms with Gasteiger partial charge < -0.3 is 20.7 Å². The van der Waals surface area contributed by atoms with Crippen LogP contribution in [0.2, 0.25) is 0 Å². The van der Waals surface area contributed by atoms with Crippen molar-refractivity contribution < 1.29 is 19.7 Å². The van der Waals surface area contributed by atoms with Crippen LogP contribution >= 0.6 is 0 Å². The van der Waals surface area contributed by atoms with Crippen LogP contribution in [0.5, 0.6) is 5.75 Å². The normalized spacial score (nSPS) is 11.2. The van der Waals surface area contributed by atoms with Crippen LogP contribution in [0.4, 0.5) is 5.69 Å². The highest BCUT2D eigenvalue weighted by molar-refractivity contribution is 5.41. The summed E-state index contributed by atoms with van der Waals surface area (Å²) in [6.45, 7) is 4.35. The van der Waals surface area contributed by atoms with Crippen LogP contribution in [0.25, 0.3) is 0 Å². The molecule has 0 fully saturated rings. The van der Waals surface area contributed by atoms with Crippen LogP contribution in [0.3, 0.4) is 0 Å². The lowest BCUT2D eigenvalue weighted by Crippen LogP contribution is -2.16. The molecule has 0 heterocycles. The van der Waals surface area contributed by atoms with Crippen molar-refractivity contribution in [2.75, 3.05) is 12.8 Å². The maximum atomic E-state index is 8.36. The maximum Gasteiger partial charge on any atom is 0.290 e. The van der Waals surface area contributed by atoms with Crippen LogP contribution in [0.1, 0.15) is 213 Å². The molecule has 1 atom stereocenters. The first-order valence-electron chi connectivity index (χ1n) is 20.2. The van der Waals surface area contributed by atoms with Crippen LogP contribution in [0.15, 0.2) is 24.3 Å². The monoisotopic (exact) mass is 664 g/mol. The number of anilines is 1. The van der Waals surface area contributed by atoms with Gasteiger partial charge in [-0.15, -0.1) is 0 Å². The number of hydrogen-bond acceptors (Lipinski definition) is 4. The SMILES string of the molecule is CCCCCCCCCCCCCCCCCC(CCCCCCCCCCCCCCCC)Oc1ccc(N)cc1.CO.O=CO.